The number of hydrogen-bond donors (Lipinski definition) is 2. The van der Waals surface area contributed by atoms with Crippen molar-refractivity contribution in [3.8, 4) is 0 Å². The van der Waals surface area contributed by atoms with Gasteiger partial charge < -0.3 is 10.4 Å². The number of aliphatic carboxylic acids is 1. The fraction of sp³-hybridized carbons (Fsp3) is 0.917. The molecule has 0 aromatic carbocycles. The molecular formula is C12H20N2O4S. The van der Waals surface area contributed by atoms with E-state index in [2.05, 4.69) is 5.32 Å². The summed E-state index contributed by atoms with van der Waals surface area (Å²) in [6.45, 7) is 1.79. The van der Waals surface area contributed by atoms with Crippen molar-refractivity contribution in [2.45, 2.75) is 43.4 Å². The number of carbonyl (C=O) groups is 1. The van der Waals surface area contributed by atoms with Crippen LogP contribution in [-0.2, 0) is 14.8 Å². The molecule has 0 amide bonds. The minimum Gasteiger partial charge on any atom is -0.480 e. The number of piperidine rings is 1. The van der Waals surface area contributed by atoms with Crippen LogP contribution in [-0.4, -0.2) is 54.7 Å². The van der Waals surface area contributed by atoms with Crippen molar-refractivity contribution in [3.05, 3.63) is 0 Å². The zero-order valence-corrected chi connectivity index (χ0v) is 11.7. The van der Waals surface area contributed by atoms with Gasteiger partial charge in [-0.25, -0.2) is 12.7 Å². The number of nitrogens with zero attached hydrogens (tertiary/aromatic N) is 1. The number of sulfonamides is 1. The highest BCUT2D eigenvalue weighted by atomic mass is 32.2. The van der Waals surface area contributed by atoms with E-state index in [0.717, 1.165) is 25.7 Å². The molecule has 108 valence electrons. The Morgan fingerprint density at radius 3 is 2.37 bits per heavy atom. The van der Waals surface area contributed by atoms with E-state index in [4.69, 9.17) is 5.11 Å². The molecule has 2 heterocycles. The second-order valence-corrected chi connectivity index (χ2v) is 8.33. The van der Waals surface area contributed by atoms with Gasteiger partial charge in [-0.1, -0.05) is 0 Å². The van der Waals surface area contributed by atoms with Crippen molar-refractivity contribution in [1.29, 1.82) is 0 Å². The van der Waals surface area contributed by atoms with Crippen LogP contribution in [0.15, 0.2) is 0 Å². The third-order valence-corrected chi connectivity index (χ3v) is 7.15. The van der Waals surface area contributed by atoms with Gasteiger partial charge in [-0.3, -0.25) is 4.79 Å². The lowest BCUT2D eigenvalue weighted by molar-refractivity contribution is -0.139. The molecule has 3 aliphatic rings. The summed E-state index contributed by atoms with van der Waals surface area (Å²) in [7, 11) is -3.07. The third-order valence-electron chi connectivity index (χ3n) is 4.75. The molecule has 1 spiro atoms. The molecule has 3 rings (SSSR count). The summed E-state index contributed by atoms with van der Waals surface area (Å²) in [5.74, 6) is -0.801. The van der Waals surface area contributed by atoms with Crippen LogP contribution in [0.4, 0.5) is 0 Å². The van der Waals surface area contributed by atoms with E-state index < -0.39 is 22.0 Å². The second kappa shape index (κ2) is 4.43. The lowest BCUT2D eigenvalue weighted by Gasteiger charge is -2.38. The molecule has 2 N–H and O–H groups in total. The van der Waals surface area contributed by atoms with Gasteiger partial charge in [0.1, 0.15) is 6.04 Å². The number of carboxylic acid groups (broad SMARTS) is 1. The average Bonchev–Trinajstić information content (AvgIpc) is 3.14. The van der Waals surface area contributed by atoms with Crippen LogP contribution in [0.5, 0.6) is 0 Å². The molecular weight excluding hydrogens is 268 g/mol. The lowest BCUT2D eigenvalue weighted by atomic mass is 9.77. The zero-order valence-electron chi connectivity index (χ0n) is 10.8. The summed E-state index contributed by atoms with van der Waals surface area (Å²) in [5, 5.41) is 11.9. The van der Waals surface area contributed by atoms with Crippen molar-refractivity contribution < 1.29 is 18.3 Å². The minimum atomic E-state index is -3.07. The van der Waals surface area contributed by atoms with Crippen molar-refractivity contribution in [2.75, 3.05) is 19.6 Å². The van der Waals surface area contributed by atoms with Gasteiger partial charge in [0, 0.05) is 19.6 Å². The number of hydrogen-bond acceptors (Lipinski definition) is 4. The van der Waals surface area contributed by atoms with E-state index in [0.29, 0.717) is 26.1 Å². The fourth-order valence-corrected chi connectivity index (χ4v) is 5.11. The van der Waals surface area contributed by atoms with Crippen LogP contribution in [0.1, 0.15) is 32.1 Å². The van der Waals surface area contributed by atoms with Crippen molar-refractivity contribution in [1.82, 2.24) is 9.62 Å². The van der Waals surface area contributed by atoms with E-state index in [1.54, 1.807) is 4.31 Å². The highest BCUT2D eigenvalue weighted by molar-refractivity contribution is 7.90. The van der Waals surface area contributed by atoms with E-state index in [1.807, 2.05) is 0 Å². The van der Waals surface area contributed by atoms with E-state index in [1.165, 1.54) is 0 Å². The first-order chi connectivity index (χ1) is 8.93. The Morgan fingerprint density at radius 2 is 1.89 bits per heavy atom. The second-order valence-electron chi connectivity index (χ2n) is 6.12. The molecule has 0 aromatic heterocycles. The smallest absolute Gasteiger partial charge is 0.320 e. The topological polar surface area (TPSA) is 86.7 Å². The summed E-state index contributed by atoms with van der Waals surface area (Å²) >= 11 is 0. The van der Waals surface area contributed by atoms with Gasteiger partial charge in [-0.2, -0.15) is 0 Å². The minimum absolute atomic E-state index is 0.0153. The predicted molar refractivity (Wildman–Crippen MR) is 69.2 cm³/mol. The molecule has 1 aliphatic carbocycles. The van der Waals surface area contributed by atoms with Crippen molar-refractivity contribution >= 4 is 16.0 Å². The van der Waals surface area contributed by atoms with Gasteiger partial charge in [0.15, 0.2) is 0 Å². The van der Waals surface area contributed by atoms with Gasteiger partial charge >= 0.3 is 5.97 Å². The monoisotopic (exact) mass is 288 g/mol. The van der Waals surface area contributed by atoms with Crippen LogP contribution in [0.3, 0.4) is 0 Å². The Bertz CT molecular complexity index is 478. The lowest BCUT2D eigenvalue weighted by Crippen LogP contribution is -2.45. The molecule has 6 nitrogen and oxygen atoms in total. The molecule has 7 heteroatoms. The first kappa shape index (κ1) is 13.3. The third kappa shape index (κ3) is 2.39. The van der Waals surface area contributed by atoms with E-state index >= 15 is 0 Å². The molecule has 3 fully saturated rings. The van der Waals surface area contributed by atoms with Crippen LogP contribution in [0.25, 0.3) is 0 Å². The SMILES string of the molecule is O=C(O)[C@@H]1CC2(CCN(S(=O)(=O)C3CC3)CC2)CN1. The standard InChI is InChI=1S/C12H20N2O4S/c15-11(16)10-7-12(8-13-10)3-5-14(6-4-12)19(17,18)9-1-2-9/h9-10,13H,1-8H2,(H,15,16)/t10-/m0/s1. The summed E-state index contributed by atoms with van der Waals surface area (Å²) < 4.78 is 25.9. The summed E-state index contributed by atoms with van der Waals surface area (Å²) in [6.07, 6.45) is 3.77. The van der Waals surface area contributed by atoms with Gasteiger partial charge in [-0.05, 0) is 37.5 Å². The van der Waals surface area contributed by atoms with Gasteiger partial charge in [0.2, 0.25) is 10.0 Å². The Kier molecular flexibility index (Phi) is 3.11. The molecule has 2 saturated heterocycles. The molecule has 0 aromatic rings. The number of carboxylic acids is 1. The molecule has 1 atom stereocenters. The Balaban J connectivity index is 1.62. The van der Waals surface area contributed by atoms with Crippen LogP contribution >= 0.6 is 0 Å². The summed E-state index contributed by atoms with van der Waals surface area (Å²) in [4.78, 5) is 11.0. The van der Waals surface area contributed by atoms with Crippen LogP contribution in [0.2, 0.25) is 0 Å². The fourth-order valence-electron chi connectivity index (χ4n) is 3.26. The molecule has 2 aliphatic heterocycles. The summed E-state index contributed by atoms with van der Waals surface area (Å²) in [5.41, 5.74) is -0.0153. The van der Waals surface area contributed by atoms with Gasteiger partial charge in [0.05, 0.1) is 5.25 Å². The van der Waals surface area contributed by atoms with Crippen molar-refractivity contribution in [3.63, 3.8) is 0 Å². The first-order valence-electron chi connectivity index (χ1n) is 6.88. The maximum absolute atomic E-state index is 12.1. The largest absolute Gasteiger partial charge is 0.480 e. The normalized spacial score (nSPS) is 31.7. The maximum atomic E-state index is 12.1. The Morgan fingerprint density at radius 1 is 1.26 bits per heavy atom. The quantitative estimate of drug-likeness (QED) is 0.764. The molecule has 19 heavy (non-hydrogen) atoms. The molecule has 1 saturated carbocycles. The van der Waals surface area contributed by atoms with Gasteiger partial charge in [0.25, 0.3) is 0 Å². The van der Waals surface area contributed by atoms with Crippen molar-refractivity contribution in [2.24, 2.45) is 5.41 Å². The number of rotatable bonds is 3. The van der Waals surface area contributed by atoms with Crippen LogP contribution in [0, 0.1) is 5.41 Å². The number of nitrogens with one attached hydrogen (secondary N) is 1. The van der Waals surface area contributed by atoms with E-state index in [9.17, 15) is 13.2 Å². The predicted octanol–water partition coefficient (Wildman–Crippen LogP) is 0.00730. The highest BCUT2D eigenvalue weighted by Gasteiger charge is 2.47. The first-order valence-corrected chi connectivity index (χ1v) is 8.38. The van der Waals surface area contributed by atoms with Crippen LogP contribution < -0.4 is 5.32 Å². The summed E-state index contributed by atoms with van der Waals surface area (Å²) in [6, 6.07) is -0.466. The Labute approximate surface area is 113 Å². The molecule has 0 unspecified atom stereocenters. The van der Waals surface area contributed by atoms with E-state index in [-0.39, 0.29) is 10.7 Å². The Hall–Kier alpha value is -0.660. The zero-order chi connectivity index (χ0) is 13.7. The highest BCUT2D eigenvalue weighted by Crippen LogP contribution is 2.41. The molecule has 0 radical (unpaired) electrons. The van der Waals surface area contributed by atoms with Gasteiger partial charge in [-0.15, -0.1) is 0 Å². The average molecular weight is 288 g/mol. The maximum Gasteiger partial charge on any atom is 0.320 e. The molecule has 0 bridgehead atoms.